The quantitative estimate of drug-likeness (QED) is 0.317. The summed E-state index contributed by atoms with van der Waals surface area (Å²) >= 11 is 0. The minimum Gasteiger partial charge on any atom is -0.370 e. The highest BCUT2D eigenvalue weighted by molar-refractivity contribution is 14.0. The van der Waals surface area contributed by atoms with Crippen LogP contribution in [0.5, 0.6) is 0 Å². The van der Waals surface area contributed by atoms with Crippen LogP contribution in [0.1, 0.15) is 19.4 Å². The van der Waals surface area contributed by atoms with Crippen LogP contribution >= 0.6 is 24.0 Å². The number of amides is 1. The van der Waals surface area contributed by atoms with Crippen molar-refractivity contribution < 1.29 is 4.79 Å². The molecule has 4 N–H and O–H groups in total. The summed E-state index contributed by atoms with van der Waals surface area (Å²) in [6, 6.07) is 8.03. The lowest BCUT2D eigenvalue weighted by Crippen LogP contribution is -2.26. The van der Waals surface area contributed by atoms with Gasteiger partial charge in [-0.2, -0.15) is 0 Å². The van der Waals surface area contributed by atoms with Gasteiger partial charge in [0.25, 0.3) is 0 Å². The zero-order valence-corrected chi connectivity index (χ0v) is 13.6. The summed E-state index contributed by atoms with van der Waals surface area (Å²) in [6.45, 7) is 4.54. The van der Waals surface area contributed by atoms with E-state index < -0.39 is 0 Å². The lowest BCUT2D eigenvalue weighted by molar-refractivity contribution is -0.118. The molecule has 1 aromatic carbocycles. The van der Waals surface area contributed by atoms with E-state index in [4.69, 9.17) is 5.73 Å². The molecular formula is C13H21IN4O. The first kappa shape index (κ1) is 17.7. The predicted molar refractivity (Wildman–Crippen MR) is 90.0 cm³/mol. The van der Waals surface area contributed by atoms with Gasteiger partial charge in [-0.25, -0.2) is 0 Å². The van der Waals surface area contributed by atoms with E-state index in [9.17, 15) is 4.79 Å². The van der Waals surface area contributed by atoms with Crippen LogP contribution < -0.4 is 16.4 Å². The zero-order chi connectivity index (χ0) is 13.4. The number of halogens is 1. The second-order valence-corrected chi connectivity index (χ2v) is 3.93. The number of rotatable bonds is 5. The molecule has 6 heteroatoms. The molecule has 0 unspecified atom stereocenters. The van der Waals surface area contributed by atoms with Crippen molar-refractivity contribution in [3.8, 4) is 0 Å². The first-order chi connectivity index (χ1) is 8.61. The highest BCUT2D eigenvalue weighted by Gasteiger charge is 1.95. The molecule has 1 amide bonds. The third-order valence-electron chi connectivity index (χ3n) is 2.40. The van der Waals surface area contributed by atoms with Crippen LogP contribution in [0.25, 0.3) is 0 Å². The van der Waals surface area contributed by atoms with Crippen molar-refractivity contribution in [2.45, 2.75) is 20.3 Å². The van der Waals surface area contributed by atoms with Crippen LogP contribution in [0.15, 0.2) is 29.3 Å². The molecule has 0 saturated carbocycles. The van der Waals surface area contributed by atoms with Crippen LogP contribution in [0.2, 0.25) is 0 Å². The van der Waals surface area contributed by atoms with Crippen molar-refractivity contribution in [3.63, 3.8) is 0 Å². The average Bonchev–Trinajstić information content (AvgIpc) is 2.35. The van der Waals surface area contributed by atoms with E-state index >= 15 is 0 Å². The third-order valence-corrected chi connectivity index (χ3v) is 2.40. The minimum atomic E-state index is -0.0631. The van der Waals surface area contributed by atoms with Gasteiger partial charge in [0.05, 0.1) is 6.54 Å². The molecule has 1 rings (SSSR count). The van der Waals surface area contributed by atoms with Gasteiger partial charge < -0.3 is 16.4 Å². The van der Waals surface area contributed by atoms with E-state index in [1.54, 1.807) is 0 Å². The number of nitrogens with zero attached hydrogens (tertiary/aromatic N) is 1. The fourth-order valence-corrected chi connectivity index (χ4v) is 1.42. The fraction of sp³-hybridized carbons (Fsp3) is 0.385. The summed E-state index contributed by atoms with van der Waals surface area (Å²) in [5.74, 6) is 0.288. The molecule has 0 atom stereocenters. The average molecular weight is 376 g/mol. The highest BCUT2D eigenvalue weighted by Crippen LogP contribution is 2.09. The molecular weight excluding hydrogens is 355 g/mol. The molecule has 0 saturated heterocycles. The van der Waals surface area contributed by atoms with Crippen LogP contribution in [-0.2, 0) is 11.2 Å². The van der Waals surface area contributed by atoms with E-state index in [0.29, 0.717) is 19.0 Å². The van der Waals surface area contributed by atoms with Gasteiger partial charge in [-0.1, -0.05) is 19.1 Å². The summed E-state index contributed by atoms with van der Waals surface area (Å²) in [6.07, 6.45) is 1.01. The van der Waals surface area contributed by atoms with Crippen molar-refractivity contribution in [3.05, 3.63) is 29.8 Å². The Bertz CT molecular complexity index is 417. The second kappa shape index (κ2) is 9.60. The minimum absolute atomic E-state index is 0. The number of aliphatic imine (C=N–C) groups is 1. The Balaban J connectivity index is 0.00000324. The number of hydrogen-bond acceptors (Lipinski definition) is 2. The van der Waals surface area contributed by atoms with Crippen molar-refractivity contribution in [2.75, 3.05) is 18.4 Å². The molecule has 1 aromatic rings. The number of carbonyl (C=O) groups is 1. The van der Waals surface area contributed by atoms with Gasteiger partial charge in [0.1, 0.15) is 0 Å². The normalized spacial score (nSPS) is 10.5. The van der Waals surface area contributed by atoms with Crippen molar-refractivity contribution in [1.29, 1.82) is 0 Å². The molecule has 0 radical (unpaired) electrons. The molecule has 5 nitrogen and oxygen atoms in total. The Morgan fingerprint density at radius 2 is 1.95 bits per heavy atom. The number of hydrogen-bond donors (Lipinski definition) is 3. The van der Waals surface area contributed by atoms with Gasteiger partial charge in [0.2, 0.25) is 5.91 Å². The SMILES string of the molecule is CCc1ccc(NC(N)=NCCNC(C)=O)cc1.I. The highest BCUT2D eigenvalue weighted by atomic mass is 127. The number of benzene rings is 1. The molecule has 106 valence electrons. The molecule has 0 spiro atoms. The van der Waals surface area contributed by atoms with E-state index in [-0.39, 0.29) is 29.9 Å². The van der Waals surface area contributed by atoms with Crippen molar-refractivity contribution in [2.24, 2.45) is 10.7 Å². The molecule has 0 aliphatic rings. The lowest BCUT2D eigenvalue weighted by atomic mass is 10.1. The van der Waals surface area contributed by atoms with Crippen LogP contribution in [0.4, 0.5) is 5.69 Å². The Morgan fingerprint density at radius 1 is 1.32 bits per heavy atom. The summed E-state index contributed by atoms with van der Waals surface area (Å²) in [4.78, 5) is 14.7. The van der Waals surface area contributed by atoms with Gasteiger partial charge >= 0.3 is 0 Å². The number of aryl methyl sites for hydroxylation is 1. The van der Waals surface area contributed by atoms with Gasteiger partial charge in [-0.15, -0.1) is 24.0 Å². The zero-order valence-electron chi connectivity index (χ0n) is 11.3. The number of carbonyl (C=O) groups excluding carboxylic acids is 1. The van der Waals surface area contributed by atoms with E-state index in [1.165, 1.54) is 12.5 Å². The topological polar surface area (TPSA) is 79.5 Å². The van der Waals surface area contributed by atoms with E-state index in [0.717, 1.165) is 12.1 Å². The summed E-state index contributed by atoms with van der Waals surface area (Å²) < 4.78 is 0. The maximum absolute atomic E-state index is 10.6. The molecule has 0 bridgehead atoms. The van der Waals surface area contributed by atoms with E-state index in [2.05, 4.69) is 22.5 Å². The fourth-order valence-electron chi connectivity index (χ4n) is 1.42. The van der Waals surface area contributed by atoms with Gasteiger partial charge in [-0.3, -0.25) is 9.79 Å². The summed E-state index contributed by atoms with van der Waals surface area (Å²) in [5.41, 5.74) is 7.91. The van der Waals surface area contributed by atoms with Crippen LogP contribution in [0.3, 0.4) is 0 Å². The molecule has 0 heterocycles. The number of guanidine groups is 1. The standard InChI is InChI=1S/C13H20N4O.HI/c1-3-11-4-6-12(7-5-11)17-13(14)16-9-8-15-10(2)18;/h4-7H,3,8-9H2,1-2H3,(H,15,18)(H3,14,16,17);1H. The van der Waals surface area contributed by atoms with Gasteiger partial charge in [0.15, 0.2) is 5.96 Å². The maximum Gasteiger partial charge on any atom is 0.216 e. The van der Waals surface area contributed by atoms with Crippen molar-refractivity contribution >= 4 is 41.5 Å². The molecule has 0 aromatic heterocycles. The van der Waals surface area contributed by atoms with E-state index in [1.807, 2.05) is 24.3 Å². The molecule has 0 aliphatic heterocycles. The molecule has 0 fully saturated rings. The number of anilines is 1. The molecule has 0 aliphatic carbocycles. The summed E-state index contributed by atoms with van der Waals surface area (Å²) in [5, 5.41) is 5.65. The Morgan fingerprint density at radius 3 is 2.47 bits per heavy atom. The van der Waals surface area contributed by atoms with Crippen molar-refractivity contribution in [1.82, 2.24) is 5.32 Å². The van der Waals surface area contributed by atoms with Crippen LogP contribution in [0, 0.1) is 0 Å². The Kier molecular flexibility index (Phi) is 8.94. The van der Waals surface area contributed by atoms with Gasteiger partial charge in [0, 0.05) is 19.2 Å². The second-order valence-electron chi connectivity index (χ2n) is 3.93. The molecule has 19 heavy (non-hydrogen) atoms. The first-order valence-corrected chi connectivity index (χ1v) is 6.02. The lowest BCUT2D eigenvalue weighted by Gasteiger charge is -2.06. The predicted octanol–water partition coefficient (Wildman–Crippen LogP) is 1.73. The summed E-state index contributed by atoms with van der Waals surface area (Å²) in [7, 11) is 0. The number of nitrogens with two attached hydrogens (primary N) is 1. The Hall–Kier alpha value is -1.31. The Labute approximate surface area is 131 Å². The maximum atomic E-state index is 10.6. The number of nitrogens with one attached hydrogen (secondary N) is 2. The monoisotopic (exact) mass is 376 g/mol. The first-order valence-electron chi connectivity index (χ1n) is 6.02. The third kappa shape index (κ3) is 7.66. The van der Waals surface area contributed by atoms with Gasteiger partial charge in [-0.05, 0) is 24.1 Å². The van der Waals surface area contributed by atoms with Crippen LogP contribution in [-0.4, -0.2) is 25.0 Å². The largest absolute Gasteiger partial charge is 0.370 e. The smallest absolute Gasteiger partial charge is 0.216 e.